The third-order valence-corrected chi connectivity index (χ3v) is 20.6. The molecule has 0 radical (unpaired) electrons. The zero-order chi connectivity index (χ0) is 34.1. The summed E-state index contributed by atoms with van der Waals surface area (Å²) in [6.45, 7) is 24.1. The molecule has 1 heterocycles. The van der Waals surface area contributed by atoms with Crippen LogP contribution in [0.4, 0.5) is 0 Å². The Labute approximate surface area is 287 Å². The average molecular weight is 673 g/mol. The van der Waals surface area contributed by atoms with E-state index in [1.165, 1.54) is 0 Å². The topological polar surface area (TPSA) is 40.2 Å². The summed E-state index contributed by atoms with van der Waals surface area (Å²) >= 11 is 0. The molecule has 47 heavy (non-hydrogen) atoms. The second kappa shape index (κ2) is 14.0. The van der Waals surface area contributed by atoms with Gasteiger partial charge < -0.3 is 18.3 Å². The number of epoxide rings is 1. The summed E-state index contributed by atoms with van der Waals surface area (Å²) in [5.41, 5.74) is 2.66. The molecule has 256 valence electrons. The van der Waals surface area contributed by atoms with E-state index >= 15 is 0 Å². The highest BCUT2D eigenvalue weighted by molar-refractivity contribution is 6.74. The molecule has 3 aromatic carbocycles. The van der Waals surface area contributed by atoms with Gasteiger partial charge in [-0.3, -0.25) is 0 Å². The Morgan fingerprint density at radius 2 is 1.02 bits per heavy atom. The van der Waals surface area contributed by atoms with Gasteiger partial charge in [-0.25, -0.2) is 0 Å². The highest BCUT2D eigenvalue weighted by atomic mass is 28.4. The van der Waals surface area contributed by atoms with E-state index < -0.39 is 22.2 Å². The third-order valence-electron chi connectivity index (χ3n) is 11.6. The third kappa shape index (κ3) is 8.22. The number of rotatable bonds is 12. The Bertz CT molecular complexity index is 1320. The molecule has 3 aromatic rings. The van der Waals surface area contributed by atoms with Gasteiger partial charge in [0, 0.05) is 0 Å². The van der Waals surface area contributed by atoms with Crippen LogP contribution in [0.3, 0.4) is 0 Å². The molecule has 0 unspecified atom stereocenters. The highest BCUT2D eigenvalue weighted by Gasteiger charge is 2.49. The van der Waals surface area contributed by atoms with E-state index in [0.29, 0.717) is 12.5 Å². The summed E-state index contributed by atoms with van der Waals surface area (Å²) in [7, 11) is -3.90. The Balaban J connectivity index is 1.30. The minimum atomic E-state index is -1.97. The standard InChI is InChI=1S/C41H60O4Si2/c1-39(2,3)46(7,8)44-35-27-26-31(29-37(35)45-47(9,10)40(4,5)6)28-36-38(43-36)30-42-41(32-20-14-11-15-21-32,33-22-16-12-17-23-33)34-24-18-13-19-25-34/h11-25,31,35-38H,26-30H2,1-10H3/t31-,35+,36-,37+,38-/m0/s1. The van der Waals surface area contributed by atoms with Crippen molar-refractivity contribution < 1.29 is 18.3 Å². The molecule has 5 rings (SSSR count). The summed E-state index contributed by atoms with van der Waals surface area (Å²) in [5.74, 6) is 0.557. The van der Waals surface area contributed by atoms with Crippen LogP contribution in [-0.4, -0.2) is 47.7 Å². The van der Waals surface area contributed by atoms with Crippen LogP contribution in [0.25, 0.3) is 0 Å². The van der Waals surface area contributed by atoms with Crippen LogP contribution >= 0.6 is 0 Å². The molecule has 0 spiro atoms. The van der Waals surface area contributed by atoms with Gasteiger partial charge in [-0.1, -0.05) is 133 Å². The molecule has 5 atom stereocenters. The molecule has 0 aromatic heterocycles. The summed E-state index contributed by atoms with van der Waals surface area (Å²) < 4.78 is 27.8. The lowest BCUT2D eigenvalue weighted by Crippen LogP contribution is -2.53. The summed E-state index contributed by atoms with van der Waals surface area (Å²) in [4.78, 5) is 0. The predicted molar refractivity (Wildman–Crippen MR) is 200 cm³/mol. The first kappa shape index (κ1) is 36.2. The lowest BCUT2D eigenvalue weighted by molar-refractivity contribution is -0.0126. The molecule has 2 aliphatic rings. The maximum Gasteiger partial charge on any atom is 0.192 e. The SMILES string of the molecule is CC(C)(C)[Si](C)(C)O[C@@H]1CC[C@@H](C[C@@H]2O[C@H]2COC(c2ccccc2)(c2ccccc2)c2ccccc2)C[C@H]1O[Si](C)(C)C(C)(C)C. The summed E-state index contributed by atoms with van der Waals surface area (Å²) in [6, 6.07) is 31.9. The van der Waals surface area contributed by atoms with E-state index in [2.05, 4.69) is 159 Å². The van der Waals surface area contributed by atoms with Crippen molar-refractivity contribution in [2.45, 2.75) is 134 Å². The van der Waals surface area contributed by atoms with Crippen LogP contribution in [0.1, 0.15) is 83.9 Å². The van der Waals surface area contributed by atoms with Crippen LogP contribution in [0.5, 0.6) is 0 Å². The van der Waals surface area contributed by atoms with Crippen molar-refractivity contribution in [3.05, 3.63) is 108 Å². The lowest BCUT2D eigenvalue weighted by Gasteiger charge is -2.48. The number of hydrogen-bond acceptors (Lipinski definition) is 4. The minimum absolute atomic E-state index is 0.0893. The molecule has 4 nitrogen and oxygen atoms in total. The van der Waals surface area contributed by atoms with Crippen LogP contribution in [0.15, 0.2) is 91.0 Å². The summed E-state index contributed by atoms with van der Waals surface area (Å²) in [6.07, 6.45) is 4.92. The van der Waals surface area contributed by atoms with E-state index in [9.17, 15) is 0 Å². The smallest absolute Gasteiger partial charge is 0.192 e. The van der Waals surface area contributed by atoms with Gasteiger partial charge in [-0.05, 0) is 84.6 Å². The molecule has 2 fully saturated rings. The van der Waals surface area contributed by atoms with Gasteiger partial charge in [0.2, 0.25) is 0 Å². The van der Waals surface area contributed by atoms with Gasteiger partial charge in [0.05, 0.1) is 24.9 Å². The van der Waals surface area contributed by atoms with Gasteiger partial charge in [0.25, 0.3) is 0 Å². The van der Waals surface area contributed by atoms with E-state index in [-0.39, 0.29) is 34.5 Å². The molecule has 0 amide bonds. The first-order valence-electron chi connectivity index (χ1n) is 17.9. The quantitative estimate of drug-likeness (QED) is 0.109. The molecule has 6 heteroatoms. The number of benzene rings is 3. The average Bonchev–Trinajstić information content (AvgIpc) is 3.76. The fourth-order valence-corrected chi connectivity index (χ4v) is 9.34. The van der Waals surface area contributed by atoms with Crippen LogP contribution in [0, 0.1) is 5.92 Å². The van der Waals surface area contributed by atoms with E-state index in [0.717, 1.165) is 42.4 Å². The van der Waals surface area contributed by atoms with Gasteiger partial charge in [-0.2, -0.15) is 0 Å². The van der Waals surface area contributed by atoms with E-state index in [1.807, 2.05) is 0 Å². The molecular weight excluding hydrogens is 613 g/mol. The van der Waals surface area contributed by atoms with Crippen molar-refractivity contribution in [3.63, 3.8) is 0 Å². The molecular formula is C41H60O4Si2. The zero-order valence-corrected chi connectivity index (χ0v) is 32.7. The molecule has 0 N–H and O–H groups in total. The van der Waals surface area contributed by atoms with Crippen molar-refractivity contribution in [2.75, 3.05) is 6.61 Å². The Kier molecular flexibility index (Phi) is 10.8. The lowest BCUT2D eigenvalue weighted by atomic mass is 9.80. The van der Waals surface area contributed by atoms with Crippen molar-refractivity contribution in [1.29, 1.82) is 0 Å². The fraction of sp³-hybridized carbons (Fsp3) is 0.561. The molecule has 1 saturated carbocycles. The maximum atomic E-state index is 7.18. The van der Waals surface area contributed by atoms with Crippen molar-refractivity contribution in [1.82, 2.24) is 0 Å². The molecule has 1 aliphatic heterocycles. The maximum absolute atomic E-state index is 7.18. The molecule has 1 saturated heterocycles. The molecule has 0 bridgehead atoms. The summed E-state index contributed by atoms with van der Waals surface area (Å²) in [5, 5.41) is 0.335. The van der Waals surface area contributed by atoms with Crippen LogP contribution in [-0.2, 0) is 23.9 Å². The highest BCUT2D eigenvalue weighted by Crippen LogP contribution is 2.46. The van der Waals surface area contributed by atoms with Crippen LogP contribution in [0.2, 0.25) is 36.3 Å². The zero-order valence-electron chi connectivity index (χ0n) is 30.7. The first-order chi connectivity index (χ1) is 22.0. The van der Waals surface area contributed by atoms with Crippen LogP contribution < -0.4 is 0 Å². The largest absolute Gasteiger partial charge is 0.411 e. The Morgan fingerprint density at radius 3 is 1.45 bits per heavy atom. The Hall–Kier alpha value is -2.07. The second-order valence-electron chi connectivity index (χ2n) is 17.1. The van der Waals surface area contributed by atoms with Gasteiger partial charge in [-0.15, -0.1) is 0 Å². The van der Waals surface area contributed by atoms with Gasteiger partial charge in [0.1, 0.15) is 11.7 Å². The van der Waals surface area contributed by atoms with E-state index in [1.54, 1.807) is 0 Å². The Morgan fingerprint density at radius 1 is 0.596 bits per heavy atom. The fourth-order valence-electron chi connectivity index (χ4n) is 6.60. The second-order valence-corrected chi connectivity index (χ2v) is 26.6. The minimum Gasteiger partial charge on any atom is -0.411 e. The van der Waals surface area contributed by atoms with E-state index in [4.69, 9.17) is 18.3 Å². The molecule has 1 aliphatic carbocycles. The van der Waals surface area contributed by atoms with Gasteiger partial charge >= 0.3 is 0 Å². The number of ether oxygens (including phenoxy) is 2. The normalized spacial score (nSPS) is 24.3. The first-order valence-corrected chi connectivity index (χ1v) is 23.7. The van der Waals surface area contributed by atoms with Crippen molar-refractivity contribution in [3.8, 4) is 0 Å². The number of hydrogen-bond donors (Lipinski definition) is 0. The van der Waals surface area contributed by atoms with Crippen molar-refractivity contribution >= 4 is 16.6 Å². The van der Waals surface area contributed by atoms with Gasteiger partial charge in [0.15, 0.2) is 16.6 Å². The van der Waals surface area contributed by atoms with Crippen molar-refractivity contribution in [2.24, 2.45) is 5.92 Å². The predicted octanol–water partition coefficient (Wildman–Crippen LogP) is 10.7. The monoisotopic (exact) mass is 672 g/mol.